The maximum Gasteiger partial charge on any atom is 0.0488 e. The molecule has 0 aromatic rings. The minimum absolute atomic E-state index is 0.0629. The van der Waals surface area contributed by atoms with Gasteiger partial charge in [-0.25, -0.2) is 0 Å². The summed E-state index contributed by atoms with van der Waals surface area (Å²) in [7, 11) is 0. The summed E-state index contributed by atoms with van der Waals surface area (Å²) in [6.45, 7) is 6.55. The van der Waals surface area contributed by atoms with Crippen molar-refractivity contribution in [3.05, 3.63) is 39.7 Å². The van der Waals surface area contributed by atoms with E-state index in [0.717, 1.165) is 10.9 Å². The standard InChI is InChI=1S/C13H14BrN/c1-9-13(2,3)11-8-10(14)6-4-5-7-12(11)15-9/h5-6,8H,7H2,1-3H3/b10-8+. The maximum atomic E-state index is 4.65. The molecule has 0 fully saturated rings. The van der Waals surface area contributed by atoms with Crippen molar-refractivity contribution in [3.63, 3.8) is 0 Å². The average Bonchev–Trinajstić information content (AvgIpc) is 2.33. The Bertz CT molecular complexity index is 455. The molecule has 1 aliphatic carbocycles. The maximum absolute atomic E-state index is 4.65. The Morgan fingerprint density at radius 2 is 2.20 bits per heavy atom. The summed E-state index contributed by atoms with van der Waals surface area (Å²) in [5.74, 6) is 0. The Labute approximate surface area is 99.1 Å². The summed E-state index contributed by atoms with van der Waals surface area (Å²) in [6, 6.07) is 0. The molecule has 15 heavy (non-hydrogen) atoms. The molecule has 0 saturated carbocycles. The van der Waals surface area contributed by atoms with Gasteiger partial charge in [-0.05, 0) is 30.7 Å². The van der Waals surface area contributed by atoms with Crippen molar-refractivity contribution in [3.8, 4) is 0 Å². The van der Waals surface area contributed by atoms with Gasteiger partial charge in [-0.15, -0.1) is 5.73 Å². The minimum atomic E-state index is 0.0629. The molecule has 1 aliphatic heterocycles. The molecule has 0 aromatic carbocycles. The van der Waals surface area contributed by atoms with E-state index in [9.17, 15) is 0 Å². The monoisotopic (exact) mass is 263 g/mol. The van der Waals surface area contributed by atoms with Crippen molar-refractivity contribution in [2.24, 2.45) is 10.4 Å². The van der Waals surface area contributed by atoms with Gasteiger partial charge in [0.25, 0.3) is 0 Å². The van der Waals surface area contributed by atoms with Crippen LogP contribution in [0.2, 0.25) is 0 Å². The van der Waals surface area contributed by atoms with Gasteiger partial charge in [0.1, 0.15) is 0 Å². The molecule has 2 heteroatoms. The van der Waals surface area contributed by atoms with Crippen LogP contribution in [-0.2, 0) is 0 Å². The van der Waals surface area contributed by atoms with Crippen molar-refractivity contribution in [2.75, 3.05) is 0 Å². The molecule has 0 N–H and O–H groups in total. The Morgan fingerprint density at radius 3 is 2.93 bits per heavy atom. The Hall–Kier alpha value is -0.850. The second kappa shape index (κ2) is 3.62. The number of rotatable bonds is 0. The Morgan fingerprint density at radius 1 is 1.47 bits per heavy atom. The van der Waals surface area contributed by atoms with Gasteiger partial charge in [-0.2, -0.15) is 0 Å². The van der Waals surface area contributed by atoms with E-state index in [0.29, 0.717) is 0 Å². The smallest absolute Gasteiger partial charge is 0.0488 e. The highest BCUT2D eigenvalue weighted by Gasteiger charge is 2.33. The van der Waals surface area contributed by atoms with E-state index < -0.39 is 0 Å². The quantitative estimate of drug-likeness (QED) is 0.583. The third-order valence-corrected chi connectivity index (χ3v) is 3.57. The molecule has 0 amide bonds. The molecule has 2 aliphatic rings. The predicted molar refractivity (Wildman–Crippen MR) is 68.2 cm³/mol. The zero-order valence-corrected chi connectivity index (χ0v) is 10.9. The summed E-state index contributed by atoms with van der Waals surface area (Å²) in [5.41, 5.74) is 6.88. The van der Waals surface area contributed by atoms with E-state index in [1.807, 2.05) is 12.2 Å². The topological polar surface area (TPSA) is 12.4 Å². The van der Waals surface area contributed by atoms with Crippen LogP contribution in [0.25, 0.3) is 0 Å². The van der Waals surface area contributed by atoms with E-state index in [2.05, 4.69) is 53.5 Å². The van der Waals surface area contributed by atoms with Gasteiger partial charge in [0.15, 0.2) is 0 Å². The summed E-state index contributed by atoms with van der Waals surface area (Å²) >= 11 is 3.52. The zero-order chi connectivity index (χ0) is 11.1. The molecule has 1 nitrogen and oxygen atoms in total. The molecule has 0 spiro atoms. The van der Waals surface area contributed by atoms with Crippen molar-refractivity contribution in [1.29, 1.82) is 0 Å². The average molecular weight is 264 g/mol. The molecule has 0 bridgehead atoms. The van der Waals surface area contributed by atoms with Crippen molar-refractivity contribution in [1.82, 2.24) is 0 Å². The largest absolute Gasteiger partial charge is 0.261 e. The highest BCUT2D eigenvalue weighted by Crippen LogP contribution is 2.40. The van der Waals surface area contributed by atoms with Crippen LogP contribution < -0.4 is 0 Å². The van der Waals surface area contributed by atoms with Crippen molar-refractivity contribution >= 4 is 21.6 Å². The lowest BCUT2D eigenvalue weighted by Gasteiger charge is -2.21. The lowest BCUT2D eigenvalue weighted by Crippen LogP contribution is -2.19. The summed E-state index contributed by atoms with van der Waals surface area (Å²) < 4.78 is 1.06. The molecule has 0 atom stereocenters. The lowest BCUT2D eigenvalue weighted by atomic mass is 9.80. The van der Waals surface area contributed by atoms with Crippen LogP contribution in [-0.4, -0.2) is 5.71 Å². The highest BCUT2D eigenvalue weighted by atomic mass is 79.9. The summed E-state index contributed by atoms with van der Waals surface area (Å²) in [6.07, 6.45) is 7.02. The number of nitrogens with zero attached hydrogens (tertiary/aromatic N) is 1. The molecule has 0 unspecified atom stereocenters. The van der Waals surface area contributed by atoms with Crippen LogP contribution >= 0.6 is 15.9 Å². The van der Waals surface area contributed by atoms with E-state index >= 15 is 0 Å². The van der Waals surface area contributed by atoms with Crippen LogP contribution in [0.3, 0.4) is 0 Å². The van der Waals surface area contributed by atoms with E-state index in [1.165, 1.54) is 17.0 Å². The molecule has 2 rings (SSSR count). The fourth-order valence-electron chi connectivity index (χ4n) is 1.85. The van der Waals surface area contributed by atoms with E-state index in [4.69, 9.17) is 0 Å². The van der Waals surface area contributed by atoms with Crippen molar-refractivity contribution < 1.29 is 0 Å². The van der Waals surface area contributed by atoms with Crippen LogP contribution in [0.4, 0.5) is 0 Å². The van der Waals surface area contributed by atoms with Gasteiger partial charge in [-0.1, -0.05) is 29.8 Å². The zero-order valence-electron chi connectivity index (χ0n) is 9.26. The van der Waals surface area contributed by atoms with Gasteiger partial charge in [0, 0.05) is 27.7 Å². The molecule has 0 radical (unpaired) electrons. The molecular weight excluding hydrogens is 250 g/mol. The normalized spacial score (nSPS) is 26.7. The fourth-order valence-corrected chi connectivity index (χ4v) is 2.21. The summed E-state index contributed by atoms with van der Waals surface area (Å²) in [5, 5.41) is 0. The van der Waals surface area contributed by atoms with Gasteiger partial charge in [-0.3, -0.25) is 4.99 Å². The second-order valence-corrected chi connectivity index (χ2v) is 5.35. The fraction of sp³-hybridized carbons (Fsp3) is 0.385. The Kier molecular flexibility index (Phi) is 2.57. The number of allylic oxidation sites excluding steroid dienone is 4. The number of halogens is 1. The van der Waals surface area contributed by atoms with Gasteiger partial charge < -0.3 is 0 Å². The first-order chi connectivity index (χ1) is 7.01. The van der Waals surface area contributed by atoms with Crippen molar-refractivity contribution in [2.45, 2.75) is 27.2 Å². The van der Waals surface area contributed by atoms with E-state index in [-0.39, 0.29) is 5.41 Å². The number of hydrogen-bond donors (Lipinski definition) is 0. The van der Waals surface area contributed by atoms with E-state index in [1.54, 1.807) is 0 Å². The molecule has 0 saturated heterocycles. The predicted octanol–water partition coefficient (Wildman–Crippen LogP) is 4.14. The first-order valence-corrected chi connectivity index (χ1v) is 5.88. The Balaban J connectivity index is 2.54. The second-order valence-electron chi connectivity index (χ2n) is 4.43. The first kappa shape index (κ1) is 10.7. The molecule has 78 valence electrons. The molecule has 0 aromatic heterocycles. The van der Waals surface area contributed by atoms with Gasteiger partial charge >= 0.3 is 0 Å². The highest BCUT2D eigenvalue weighted by molar-refractivity contribution is 9.11. The minimum Gasteiger partial charge on any atom is -0.261 e. The third kappa shape index (κ3) is 1.80. The third-order valence-electron chi connectivity index (χ3n) is 3.11. The van der Waals surface area contributed by atoms with Gasteiger partial charge in [0.05, 0.1) is 0 Å². The number of aliphatic imine (C=N–C) groups is 1. The molecule has 1 heterocycles. The van der Waals surface area contributed by atoms with Crippen LogP contribution in [0.5, 0.6) is 0 Å². The molecular formula is C13H14BrN. The SMILES string of the molecule is CC1=NC2=C(/C=C(/Br)C=C=CC2)C1(C)C. The lowest BCUT2D eigenvalue weighted by molar-refractivity contribution is 0.650. The number of hydrogen-bond acceptors (Lipinski definition) is 1. The summed E-state index contributed by atoms with van der Waals surface area (Å²) in [4.78, 5) is 4.65. The van der Waals surface area contributed by atoms with Crippen LogP contribution in [0, 0.1) is 5.41 Å². The van der Waals surface area contributed by atoms with Crippen LogP contribution in [0.1, 0.15) is 27.2 Å². The van der Waals surface area contributed by atoms with Crippen LogP contribution in [0.15, 0.2) is 44.7 Å². The first-order valence-electron chi connectivity index (χ1n) is 5.09. The van der Waals surface area contributed by atoms with Gasteiger partial charge in [0.2, 0.25) is 0 Å².